The standard InChI is InChI=1S/C14H13Cl2NO4/c1-19-9-3-4-12(20-2)8(5-9)7-21-14(18)11-6-10(15)13(16)17-11/h3-6,17H,7H2,1-2H3. The SMILES string of the molecule is COc1ccc(OC)c(COC(=O)c2cc(Cl)c(Cl)[nH]2)c1. The van der Waals surface area contributed by atoms with Crippen molar-refractivity contribution < 1.29 is 19.0 Å². The third kappa shape index (κ3) is 3.62. The molecule has 112 valence electrons. The highest BCUT2D eigenvalue weighted by Gasteiger charge is 2.14. The maximum Gasteiger partial charge on any atom is 0.355 e. The molecule has 0 aliphatic rings. The van der Waals surface area contributed by atoms with Crippen LogP contribution in [0.4, 0.5) is 0 Å². The summed E-state index contributed by atoms with van der Waals surface area (Å²) in [5.41, 5.74) is 0.876. The second kappa shape index (κ2) is 6.74. The maximum absolute atomic E-state index is 11.9. The molecular formula is C14H13Cl2NO4. The van der Waals surface area contributed by atoms with Crippen LogP contribution in [0.3, 0.4) is 0 Å². The van der Waals surface area contributed by atoms with Gasteiger partial charge in [-0.3, -0.25) is 0 Å². The van der Waals surface area contributed by atoms with Crippen LogP contribution >= 0.6 is 23.2 Å². The highest BCUT2D eigenvalue weighted by atomic mass is 35.5. The van der Waals surface area contributed by atoms with Gasteiger partial charge in [0.15, 0.2) is 0 Å². The van der Waals surface area contributed by atoms with Crippen LogP contribution in [0, 0.1) is 0 Å². The molecule has 1 heterocycles. The van der Waals surface area contributed by atoms with Gasteiger partial charge in [-0.25, -0.2) is 4.79 Å². The van der Waals surface area contributed by atoms with E-state index in [1.807, 2.05) is 0 Å². The summed E-state index contributed by atoms with van der Waals surface area (Å²) in [4.78, 5) is 14.5. The molecule has 0 radical (unpaired) electrons. The molecule has 2 aromatic rings. The van der Waals surface area contributed by atoms with Crippen molar-refractivity contribution in [2.75, 3.05) is 14.2 Å². The predicted octanol–water partition coefficient (Wildman–Crippen LogP) is 3.70. The van der Waals surface area contributed by atoms with Gasteiger partial charge in [0.05, 0.1) is 19.2 Å². The Hall–Kier alpha value is -1.85. The van der Waals surface area contributed by atoms with Crippen molar-refractivity contribution in [3.63, 3.8) is 0 Å². The Morgan fingerprint density at radius 2 is 1.95 bits per heavy atom. The Morgan fingerprint density at radius 3 is 2.52 bits per heavy atom. The smallest absolute Gasteiger partial charge is 0.355 e. The molecule has 0 unspecified atom stereocenters. The van der Waals surface area contributed by atoms with E-state index in [2.05, 4.69) is 4.98 Å². The second-order valence-electron chi connectivity index (χ2n) is 4.10. The topological polar surface area (TPSA) is 60.6 Å². The van der Waals surface area contributed by atoms with Crippen LogP contribution in [0.15, 0.2) is 24.3 Å². The maximum atomic E-state index is 11.9. The molecule has 0 saturated heterocycles. The van der Waals surface area contributed by atoms with E-state index in [4.69, 9.17) is 37.4 Å². The van der Waals surface area contributed by atoms with E-state index in [1.165, 1.54) is 13.2 Å². The van der Waals surface area contributed by atoms with Crippen LogP contribution in [0.5, 0.6) is 11.5 Å². The Morgan fingerprint density at radius 1 is 1.19 bits per heavy atom. The zero-order valence-electron chi connectivity index (χ0n) is 11.4. The molecule has 2 rings (SSSR count). The van der Waals surface area contributed by atoms with Crippen LogP contribution in [-0.2, 0) is 11.3 Å². The number of rotatable bonds is 5. The third-order valence-corrected chi connectivity index (χ3v) is 3.48. The summed E-state index contributed by atoms with van der Waals surface area (Å²) in [6, 6.07) is 6.65. The van der Waals surface area contributed by atoms with Crippen LogP contribution in [-0.4, -0.2) is 25.2 Å². The van der Waals surface area contributed by atoms with Gasteiger partial charge in [-0.15, -0.1) is 0 Å². The Labute approximate surface area is 131 Å². The molecule has 5 nitrogen and oxygen atoms in total. The van der Waals surface area contributed by atoms with E-state index >= 15 is 0 Å². The summed E-state index contributed by atoms with van der Waals surface area (Å²) in [5, 5.41) is 0.463. The minimum absolute atomic E-state index is 0.0352. The van der Waals surface area contributed by atoms with E-state index < -0.39 is 5.97 Å². The van der Waals surface area contributed by atoms with E-state index in [0.717, 1.165) is 0 Å². The van der Waals surface area contributed by atoms with Crippen molar-refractivity contribution in [2.24, 2.45) is 0 Å². The van der Waals surface area contributed by atoms with Crippen molar-refractivity contribution in [1.82, 2.24) is 4.98 Å². The van der Waals surface area contributed by atoms with Gasteiger partial charge in [0.1, 0.15) is 29.0 Å². The lowest BCUT2D eigenvalue weighted by atomic mass is 10.2. The fourth-order valence-electron chi connectivity index (χ4n) is 1.73. The van der Waals surface area contributed by atoms with Gasteiger partial charge in [0, 0.05) is 5.56 Å². The number of hydrogen-bond donors (Lipinski definition) is 1. The average Bonchev–Trinajstić information content (AvgIpc) is 2.84. The molecule has 21 heavy (non-hydrogen) atoms. The molecule has 0 spiro atoms. The highest BCUT2D eigenvalue weighted by molar-refractivity contribution is 6.41. The lowest BCUT2D eigenvalue weighted by molar-refractivity contribution is 0.0463. The number of aromatic nitrogens is 1. The second-order valence-corrected chi connectivity index (χ2v) is 4.88. The molecule has 0 aliphatic carbocycles. The van der Waals surface area contributed by atoms with E-state index in [0.29, 0.717) is 17.1 Å². The number of aromatic amines is 1. The molecule has 1 N–H and O–H groups in total. The van der Waals surface area contributed by atoms with Crippen molar-refractivity contribution in [2.45, 2.75) is 6.61 Å². The number of halogens is 2. The number of H-pyrrole nitrogens is 1. The van der Waals surface area contributed by atoms with E-state index in [1.54, 1.807) is 25.3 Å². The quantitative estimate of drug-likeness (QED) is 0.849. The van der Waals surface area contributed by atoms with Crippen LogP contribution < -0.4 is 9.47 Å². The van der Waals surface area contributed by atoms with Gasteiger partial charge < -0.3 is 19.2 Å². The highest BCUT2D eigenvalue weighted by Crippen LogP contribution is 2.26. The van der Waals surface area contributed by atoms with E-state index in [9.17, 15) is 4.79 Å². The van der Waals surface area contributed by atoms with E-state index in [-0.39, 0.29) is 22.5 Å². The molecule has 0 saturated carbocycles. The molecule has 7 heteroatoms. The molecular weight excluding hydrogens is 317 g/mol. The summed E-state index contributed by atoms with van der Waals surface area (Å²) in [5.74, 6) is 0.688. The number of methoxy groups -OCH3 is 2. The summed E-state index contributed by atoms with van der Waals surface area (Å²) >= 11 is 11.5. The van der Waals surface area contributed by atoms with Crippen molar-refractivity contribution in [3.05, 3.63) is 45.7 Å². The largest absolute Gasteiger partial charge is 0.497 e. The van der Waals surface area contributed by atoms with Gasteiger partial charge in [0.25, 0.3) is 0 Å². The molecule has 0 atom stereocenters. The minimum Gasteiger partial charge on any atom is -0.497 e. The molecule has 0 bridgehead atoms. The summed E-state index contributed by atoms with van der Waals surface area (Å²) in [7, 11) is 3.10. The Kier molecular flexibility index (Phi) is 4.98. The Balaban J connectivity index is 2.10. The number of benzene rings is 1. The van der Waals surface area contributed by atoms with Crippen molar-refractivity contribution in [1.29, 1.82) is 0 Å². The number of esters is 1. The summed E-state index contributed by atoms with van der Waals surface area (Å²) < 4.78 is 15.5. The normalized spacial score (nSPS) is 10.3. The summed E-state index contributed by atoms with van der Waals surface area (Å²) in [6.07, 6.45) is 0. The first-order valence-corrected chi connectivity index (χ1v) is 6.72. The predicted molar refractivity (Wildman–Crippen MR) is 79.5 cm³/mol. The zero-order chi connectivity index (χ0) is 15.4. The number of ether oxygens (including phenoxy) is 3. The van der Waals surface area contributed by atoms with Crippen molar-refractivity contribution in [3.8, 4) is 11.5 Å². The fourth-order valence-corrected chi connectivity index (χ4v) is 2.04. The monoisotopic (exact) mass is 329 g/mol. The van der Waals surface area contributed by atoms with Gasteiger partial charge in [-0.1, -0.05) is 23.2 Å². The molecule has 0 aliphatic heterocycles. The van der Waals surface area contributed by atoms with Gasteiger partial charge in [-0.2, -0.15) is 0 Å². The van der Waals surface area contributed by atoms with Crippen LogP contribution in [0.1, 0.15) is 16.1 Å². The number of carbonyl (C=O) groups is 1. The van der Waals surface area contributed by atoms with Gasteiger partial charge in [-0.05, 0) is 24.3 Å². The zero-order valence-corrected chi connectivity index (χ0v) is 12.9. The van der Waals surface area contributed by atoms with Gasteiger partial charge in [0.2, 0.25) is 0 Å². The van der Waals surface area contributed by atoms with Crippen molar-refractivity contribution >= 4 is 29.2 Å². The first-order chi connectivity index (χ1) is 10.0. The average molecular weight is 330 g/mol. The number of nitrogens with one attached hydrogen (secondary N) is 1. The Bertz CT molecular complexity index is 635. The third-order valence-electron chi connectivity index (χ3n) is 2.79. The first kappa shape index (κ1) is 15.5. The summed E-state index contributed by atoms with van der Waals surface area (Å²) in [6.45, 7) is 0.0352. The van der Waals surface area contributed by atoms with Gasteiger partial charge >= 0.3 is 5.97 Å². The minimum atomic E-state index is -0.561. The molecule has 0 amide bonds. The first-order valence-electron chi connectivity index (χ1n) is 5.97. The fraction of sp³-hybridized carbons (Fsp3) is 0.214. The molecule has 0 fully saturated rings. The lowest BCUT2D eigenvalue weighted by Gasteiger charge is -2.10. The molecule has 1 aromatic carbocycles. The number of carbonyl (C=O) groups excluding carboxylic acids is 1. The lowest BCUT2D eigenvalue weighted by Crippen LogP contribution is -2.06. The van der Waals surface area contributed by atoms with Crippen LogP contribution in [0.2, 0.25) is 10.2 Å². The molecule has 1 aromatic heterocycles. The number of hydrogen-bond acceptors (Lipinski definition) is 4. The van der Waals surface area contributed by atoms with Crippen LogP contribution in [0.25, 0.3) is 0 Å².